The molecule has 0 spiro atoms. The van der Waals surface area contributed by atoms with Gasteiger partial charge < -0.3 is 19.3 Å². The standard InChI is InChI=1S/C24H30ClN3O6/c1-5-7-8-9-10-11-26-20-18-17-14(28(24(31)21(18)30)13-16(29)34-6-2)12-15(32-3)22(33-4)19(17)27-23(20)25/h12,30H,5-11,13H2,1-4H3. The number of aliphatic imine (C=N–C) groups is 2. The van der Waals surface area contributed by atoms with Gasteiger partial charge in [-0.2, -0.15) is 0 Å². The lowest BCUT2D eigenvalue weighted by Gasteiger charge is -2.23. The lowest BCUT2D eigenvalue weighted by atomic mass is 9.98. The Morgan fingerprint density at radius 1 is 1.18 bits per heavy atom. The van der Waals surface area contributed by atoms with Crippen LogP contribution in [0.4, 0.5) is 5.69 Å². The molecule has 0 atom stereocenters. The molecule has 1 aliphatic rings. The number of hydrogen-bond acceptors (Lipinski definition) is 8. The molecule has 0 amide bonds. The lowest BCUT2D eigenvalue weighted by molar-refractivity contribution is -0.143. The van der Waals surface area contributed by atoms with Crippen LogP contribution in [0.15, 0.2) is 20.8 Å². The molecular weight excluding hydrogens is 462 g/mol. The molecule has 2 aromatic rings. The van der Waals surface area contributed by atoms with E-state index in [1.54, 1.807) is 13.0 Å². The predicted octanol–water partition coefficient (Wildman–Crippen LogP) is 4.33. The number of halogens is 1. The summed E-state index contributed by atoms with van der Waals surface area (Å²) in [5.74, 6) is -0.603. The van der Waals surface area contributed by atoms with Crippen LogP contribution < -0.4 is 15.0 Å². The van der Waals surface area contributed by atoms with Crippen LogP contribution in [0, 0.1) is 0 Å². The summed E-state index contributed by atoms with van der Waals surface area (Å²) < 4.78 is 17.1. The molecule has 0 saturated carbocycles. The highest BCUT2D eigenvalue weighted by molar-refractivity contribution is 6.87. The van der Waals surface area contributed by atoms with E-state index in [9.17, 15) is 14.7 Å². The van der Waals surface area contributed by atoms with E-state index in [1.165, 1.54) is 14.2 Å². The van der Waals surface area contributed by atoms with Crippen LogP contribution in [0.1, 0.15) is 51.5 Å². The topological polar surface area (TPSA) is 112 Å². The van der Waals surface area contributed by atoms with Crippen molar-refractivity contribution in [3.63, 3.8) is 0 Å². The lowest BCUT2D eigenvalue weighted by Crippen LogP contribution is -2.29. The van der Waals surface area contributed by atoms with Crippen molar-refractivity contribution in [2.45, 2.75) is 52.5 Å². The summed E-state index contributed by atoms with van der Waals surface area (Å²) in [6.45, 7) is 4.06. The fourth-order valence-corrected chi connectivity index (χ4v) is 4.26. The predicted molar refractivity (Wildman–Crippen MR) is 133 cm³/mol. The van der Waals surface area contributed by atoms with Crippen molar-refractivity contribution in [2.75, 3.05) is 27.4 Å². The van der Waals surface area contributed by atoms with Crippen molar-refractivity contribution in [1.82, 2.24) is 4.57 Å². The van der Waals surface area contributed by atoms with E-state index in [-0.39, 0.29) is 34.5 Å². The molecule has 9 nitrogen and oxygen atoms in total. The van der Waals surface area contributed by atoms with Crippen molar-refractivity contribution >= 4 is 45.0 Å². The van der Waals surface area contributed by atoms with Crippen LogP contribution in [0.3, 0.4) is 0 Å². The molecule has 2 heterocycles. The molecule has 1 N–H and O–H groups in total. The quantitative estimate of drug-likeness (QED) is 0.370. The number of carbonyl (C=O) groups excluding carboxylic acids is 1. The minimum absolute atomic E-state index is 0.0340. The van der Waals surface area contributed by atoms with E-state index in [2.05, 4.69) is 16.9 Å². The van der Waals surface area contributed by atoms with E-state index in [0.717, 1.165) is 36.7 Å². The van der Waals surface area contributed by atoms with Crippen LogP contribution in [0.25, 0.3) is 10.9 Å². The maximum absolute atomic E-state index is 13.2. The third-order valence-electron chi connectivity index (χ3n) is 5.62. The first-order chi connectivity index (χ1) is 16.4. The number of benzene rings is 1. The average Bonchev–Trinajstić information content (AvgIpc) is 2.82. The Morgan fingerprint density at radius 2 is 1.91 bits per heavy atom. The molecule has 0 aliphatic carbocycles. The fraction of sp³-hybridized carbons (Fsp3) is 0.500. The van der Waals surface area contributed by atoms with Gasteiger partial charge in [-0.15, -0.1) is 0 Å². The largest absolute Gasteiger partial charge is 0.503 e. The van der Waals surface area contributed by atoms with E-state index in [4.69, 9.17) is 25.8 Å². The first kappa shape index (κ1) is 25.6. The van der Waals surface area contributed by atoms with Crippen molar-refractivity contribution in [1.29, 1.82) is 0 Å². The van der Waals surface area contributed by atoms with Crippen molar-refractivity contribution < 1.29 is 24.1 Å². The number of carbonyl (C=O) groups is 1. The van der Waals surface area contributed by atoms with E-state index >= 15 is 0 Å². The molecule has 10 heteroatoms. The van der Waals surface area contributed by atoms with Crippen molar-refractivity contribution in [3.05, 3.63) is 22.0 Å². The molecule has 0 saturated heterocycles. The van der Waals surface area contributed by atoms with Crippen LogP contribution in [0.2, 0.25) is 0 Å². The molecule has 0 radical (unpaired) electrons. The smallest absolute Gasteiger partial charge is 0.326 e. The first-order valence-electron chi connectivity index (χ1n) is 11.4. The highest BCUT2D eigenvalue weighted by Gasteiger charge is 2.32. The molecular formula is C24H30ClN3O6. The third kappa shape index (κ3) is 4.89. The van der Waals surface area contributed by atoms with Crippen molar-refractivity contribution in [2.24, 2.45) is 9.98 Å². The second-order valence-electron chi connectivity index (χ2n) is 7.82. The minimum Gasteiger partial charge on any atom is -0.503 e. The number of aromatic nitrogens is 1. The summed E-state index contributed by atoms with van der Waals surface area (Å²) in [6.07, 6.45) is 5.28. The number of hydrogen-bond donors (Lipinski definition) is 1. The normalized spacial score (nSPS) is 13.8. The Kier molecular flexibility index (Phi) is 8.55. The Morgan fingerprint density at radius 3 is 2.56 bits per heavy atom. The molecule has 0 fully saturated rings. The zero-order valence-electron chi connectivity index (χ0n) is 19.9. The van der Waals surface area contributed by atoms with E-state index in [1.807, 2.05) is 0 Å². The molecule has 1 aliphatic heterocycles. The number of aromatic hydroxyl groups is 1. The molecule has 3 rings (SSSR count). The summed E-state index contributed by atoms with van der Waals surface area (Å²) in [5.41, 5.74) is 0.244. The van der Waals surface area contributed by atoms with Gasteiger partial charge in [0.05, 0.1) is 31.9 Å². The van der Waals surface area contributed by atoms with Gasteiger partial charge in [-0.25, -0.2) is 4.99 Å². The molecule has 34 heavy (non-hydrogen) atoms. The summed E-state index contributed by atoms with van der Waals surface area (Å²) >= 11 is 6.50. The van der Waals surface area contributed by atoms with Crippen LogP contribution in [0.5, 0.6) is 17.2 Å². The maximum atomic E-state index is 13.2. The number of nitrogens with zero attached hydrogens (tertiary/aromatic N) is 3. The first-order valence-corrected chi connectivity index (χ1v) is 11.8. The Balaban J connectivity index is 2.24. The van der Waals surface area contributed by atoms with Gasteiger partial charge in [-0.1, -0.05) is 44.2 Å². The molecule has 1 aromatic carbocycles. The molecule has 184 valence electrons. The van der Waals surface area contributed by atoms with Gasteiger partial charge in [0.25, 0.3) is 5.56 Å². The zero-order chi connectivity index (χ0) is 24.8. The Bertz CT molecular complexity index is 1200. The Hall–Kier alpha value is -3.07. The second-order valence-corrected chi connectivity index (χ2v) is 8.18. The van der Waals surface area contributed by atoms with Gasteiger partial charge in [0.15, 0.2) is 22.4 Å². The highest BCUT2D eigenvalue weighted by Crippen LogP contribution is 2.48. The second kappa shape index (κ2) is 11.4. The van der Waals surface area contributed by atoms with Crippen LogP contribution in [-0.2, 0) is 16.1 Å². The number of unbranched alkanes of at least 4 members (excludes halogenated alkanes) is 4. The maximum Gasteiger partial charge on any atom is 0.326 e. The average molecular weight is 492 g/mol. The SMILES string of the molecule is CCCCCCCN=C1C(Cl)=Nc2c(OC)c(OC)cc3c2c1c(O)c(=O)n3CC(=O)OCC. The van der Waals surface area contributed by atoms with Crippen LogP contribution in [-0.4, -0.2) is 53.9 Å². The summed E-state index contributed by atoms with van der Waals surface area (Å²) in [5, 5.41) is 11.4. The van der Waals surface area contributed by atoms with Gasteiger partial charge in [-0.3, -0.25) is 19.1 Å². The number of pyridine rings is 1. The fourth-order valence-electron chi connectivity index (χ4n) is 4.02. The van der Waals surface area contributed by atoms with Gasteiger partial charge in [0.2, 0.25) is 0 Å². The van der Waals surface area contributed by atoms with Crippen molar-refractivity contribution in [3.8, 4) is 17.2 Å². The summed E-state index contributed by atoms with van der Waals surface area (Å²) in [6, 6.07) is 1.57. The van der Waals surface area contributed by atoms with Gasteiger partial charge >= 0.3 is 5.97 Å². The molecule has 0 bridgehead atoms. The zero-order valence-corrected chi connectivity index (χ0v) is 20.7. The van der Waals surface area contributed by atoms with Gasteiger partial charge in [-0.05, 0) is 13.3 Å². The number of rotatable bonds is 11. The summed E-state index contributed by atoms with van der Waals surface area (Å²) in [7, 11) is 2.91. The number of esters is 1. The number of ether oxygens (including phenoxy) is 3. The van der Waals surface area contributed by atoms with Gasteiger partial charge in [0, 0.05) is 18.0 Å². The third-order valence-corrected chi connectivity index (χ3v) is 5.88. The molecule has 0 unspecified atom stereocenters. The van der Waals surface area contributed by atoms with Gasteiger partial charge in [0.1, 0.15) is 17.9 Å². The van der Waals surface area contributed by atoms with Crippen LogP contribution >= 0.6 is 11.6 Å². The van der Waals surface area contributed by atoms with E-state index in [0.29, 0.717) is 23.2 Å². The molecule has 1 aromatic heterocycles. The Labute approximate surface area is 203 Å². The minimum atomic E-state index is -0.768. The van der Waals surface area contributed by atoms with E-state index < -0.39 is 23.8 Å². The summed E-state index contributed by atoms with van der Waals surface area (Å²) in [4.78, 5) is 34.5. The monoisotopic (exact) mass is 491 g/mol. The highest BCUT2D eigenvalue weighted by atomic mass is 35.5. The number of methoxy groups -OCH3 is 2.